The molecule has 150 valence electrons. The van der Waals surface area contributed by atoms with Crippen LogP contribution in [0.25, 0.3) is 0 Å². The van der Waals surface area contributed by atoms with Crippen LogP contribution in [0, 0.1) is 18.7 Å². The maximum atomic E-state index is 13.1. The highest BCUT2D eigenvalue weighted by atomic mass is 19.1. The summed E-state index contributed by atoms with van der Waals surface area (Å²) in [6.07, 6.45) is 0.119. The predicted octanol–water partition coefficient (Wildman–Crippen LogP) is 3.87. The van der Waals surface area contributed by atoms with E-state index in [-0.39, 0.29) is 24.1 Å². The maximum Gasteiger partial charge on any atom is 0.242 e. The zero-order valence-electron chi connectivity index (χ0n) is 17.0. The fourth-order valence-corrected chi connectivity index (χ4v) is 2.92. The highest BCUT2D eigenvalue weighted by Gasteiger charge is 2.26. The first-order valence-electron chi connectivity index (χ1n) is 9.63. The van der Waals surface area contributed by atoms with Crippen molar-refractivity contribution in [3.63, 3.8) is 0 Å². The number of aryl methyl sites for hydroxylation is 1. The molecule has 0 radical (unpaired) electrons. The monoisotopic (exact) mass is 384 g/mol. The number of halogens is 1. The van der Waals surface area contributed by atoms with Gasteiger partial charge in [0.2, 0.25) is 11.8 Å². The Balaban J connectivity index is 2.19. The lowest BCUT2D eigenvalue weighted by molar-refractivity contribution is -0.140. The molecule has 0 aliphatic carbocycles. The Labute approximate surface area is 166 Å². The van der Waals surface area contributed by atoms with Gasteiger partial charge < -0.3 is 10.2 Å². The summed E-state index contributed by atoms with van der Waals surface area (Å²) >= 11 is 0. The largest absolute Gasteiger partial charge is 0.354 e. The average molecular weight is 384 g/mol. The SMILES string of the molecule is Cc1cccc(CN(C(=O)Cc2ccc(F)cc2)[C@H](C)C(=O)NCC(C)C)c1. The van der Waals surface area contributed by atoms with Gasteiger partial charge in [0.1, 0.15) is 11.9 Å². The van der Waals surface area contributed by atoms with Gasteiger partial charge in [0, 0.05) is 13.1 Å². The minimum Gasteiger partial charge on any atom is -0.354 e. The van der Waals surface area contributed by atoms with Gasteiger partial charge in [-0.15, -0.1) is 0 Å². The van der Waals surface area contributed by atoms with E-state index < -0.39 is 6.04 Å². The van der Waals surface area contributed by atoms with Gasteiger partial charge in [0.25, 0.3) is 0 Å². The first kappa shape index (κ1) is 21.6. The fourth-order valence-electron chi connectivity index (χ4n) is 2.92. The number of rotatable bonds is 8. The summed E-state index contributed by atoms with van der Waals surface area (Å²) in [6.45, 7) is 8.69. The van der Waals surface area contributed by atoms with Crippen molar-refractivity contribution < 1.29 is 14.0 Å². The number of nitrogens with one attached hydrogen (secondary N) is 1. The van der Waals surface area contributed by atoms with Gasteiger partial charge in [-0.3, -0.25) is 9.59 Å². The van der Waals surface area contributed by atoms with E-state index in [4.69, 9.17) is 0 Å². The Kier molecular flexibility index (Phi) is 7.73. The minimum atomic E-state index is -0.604. The zero-order valence-corrected chi connectivity index (χ0v) is 17.0. The molecule has 0 unspecified atom stereocenters. The molecule has 2 aromatic rings. The van der Waals surface area contributed by atoms with Crippen LogP contribution in [0.5, 0.6) is 0 Å². The number of carbonyl (C=O) groups is 2. The number of nitrogens with zero attached hydrogens (tertiary/aromatic N) is 1. The van der Waals surface area contributed by atoms with Crippen LogP contribution in [-0.2, 0) is 22.6 Å². The molecule has 0 heterocycles. The number of hydrogen-bond acceptors (Lipinski definition) is 2. The van der Waals surface area contributed by atoms with Crippen LogP contribution < -0.4 is 5.32 Å². The molecule has 28 heavy (non-hydrogen) atoms. The van der Waals surface area contributed by atoms with Crippen molar-refractivity contribution in [1.29, 1.82) is 0 Å². The lowest BCUT2D eigenvalue weighted by Crippen LogP contribution is -2.48. The van der Waals surface area contributed by atoms with Crippen molar-refractivity contribution in [2.24, 2.45) is 5.92 Å². The third-order valence-corrected chi connectivity index (χ3v) is 4.56. The first-order chi connectivity index (χ1) is 13.3. The summed E-state index contributed by atoms with van der Waals surface area (Å²) in [5.74, 6) is -0.348. The highest BCUT2D eigenvalue weighted by Crippen LogP contribution is 2.14. The Morgan fingerprint density at radius 1 is 1.04 bits per heavy atom. The Morgan fingerprint density at radius 2 is 1.71 bits per heavy atom. The minimum absolute atomic E-state index is 0.119. The highest BCUT2D eigenvalue weighted by molar-refractivity contribution is 5.88. The molecule has 1 N–H and O–H groups in total. The Bertz CT molecular complexity index is 803. The molecule has 0 aromatic heterocycles. The van der Waals surface area contributed by atoms with E-state index in [9.17, 15) is 14.0 Å². The van der Waals surface area contributed by atoms with Crippen molar-refractivity contribution in [2.75, 3.05) is 6.54 Å². The molecule has 0 aliphatic rings. The molecule has 0 saturated heterocycles. The molecule has 5 heteroatoms. The van der Waals surface area contributed by atoms with Crippen LogP contribution in [0.1, 0.15) is 37.5 Å². The van der Waals surface area contributed by atoms with Crippen molar-refractivity contribution in [3.05, 3.63) is 71.0 Å². The molecule has 0 bridgehead atoms. The van der Waals surface area contributed by atoms with Crippen molar-refractivity contribution >= 4 is 11.8 Å². The summed E-state index contributed by atoms with van der Waals surface area (Å²) in [7, 11) is 0. The number of hydrogen-bond donors (Lipinski definition) is 1. The van der Waals surface area contributed by atoms with Gasteiger partial charge in [-0.05, 0) is 43.0 Å². The van der Waals surface area contributed by atoms with Gasteiger partial charge in [0.05, 0.1) is 6.42 Å². The fraction of sp³-hybridized carbons (Fsp3) is 0.391. The van der Waals surface area contributed by atoms with E-state index in [0.29, 0.717) is 19.0 Å². The standard InChI is InChI=1S/C23H29FN2O2/c1-16(2)14-25-23(28)18(4)26(15-20-7-5-6-17(3)12-20)22(27)13-19-8-10-21(24)11-9-19/h5-12,16,18H,13-15H2,1-4H3,(H,25,28)/t18-/m1/s1. The number of carbonyl (C=O) groups excluding carboxylic acids is 2. The van der Waals surface area contributed by atoms with E-state index in [2.05, 4.69) is 5.32 Å². The van der Waals surface area contributed by atoms with Crippen molar-refractivity contribution in [3.8, 4) is 0 Å². The molecule has 1 atom stereocenters. The molecule has 0 fully saturated rings. The molecule has 0 aliphatic heterocycles. The topological polar surface area (TPSA) is 49.4 Å². The van der Waals surface area contributed by atoms with E-state index in [1.165, 1.54) is 12.1 Å². The second-order valence-electron chi connectivity index (χ2n) is 7.63. The van der Waals surface area contributed by atoms with Crippen LogP contribution in [0.15, 0.2) is 48.5 Å². The van der Waals surface area contributed by atoms with Crippen LogP contribution in [0.4, 0.5) is 4.39 Å². The van der Waals surface area contributed by atoms with Gasteiger partial charge in [-0.25, -0.2) is 4.39 Å². The summed E-state index contributed by atoms with van der Waals surface area (Å²) in [6, 6.07) is 13.2. The summed E-state index contributed by atoms with van der Waals surface area (Å²) in [5, 5.41) is 2.90. The average Bonchev–Trinajstić information content (AvgIpc) is 2.65. The third kappa shape index (κ3) is 6.48. The van der Waals surface area contributed by atoms with E-state index in [1.54, 1.807) is 24.0 Å². The lowest BCUT2D eigenvalue weighted by atomic mass is 10.1. The summed E-state index contributed by atoms with van der Waals surface area (Å²) in [5.41, 5.74) is 2.78. The van der Waals surface area contributed by atoms with Crippen LogP contribution in [0.3, 0.4) is 0 Å². The van der Waals surface area contributed by atoms with Crippen LogP contribution in [-0.4, -0.2) is 29.3 Å². The van der Waals surface area contributed by atoms with Gasteiger partial charge >= 0.3 is 0 Å². The van der Waals surface area contributed by atoms with E-state index >= 15 is 0 Å². The molecule has 2 amide bonds. The maximum absolute atomic E-state index is 13.1. The summed E-state index contributed by atoms with van der Waals surface area (Å²) in [4.78, 5) is 27.2. The van der Waals surface area contributed by atoms with E-state index in [0.717, 1.165) is 16.7 Å². The molecule has 0 saturated carbocycles. The molecule has 4 nitrogen and oxygen atoms in total. The second-order valence-corrected chi connectivity index (χ2v) is 7.63. The molecular weight excluding hydrogens is 355 g/mol. The normalized spacial score (nSPS) is 11.9. The Hall–Kier alpha value is -2.69. The first-order valence-corrected chi connectivity index (χ1v) is 9.63. The zero-order chi connectivity index (χ0) is 20.7. The van der Waals surface area contributed by atoms with E-state index in [1.807, 2.05) is 45.0 Å². The second kappa shape index (κ2) is 10.0. The molecule has 0 spiro atoms. The van der Waals surface area contributed by atoms with Gasteiger partial charge in [0.15, 0.2) is 0 Å². The van der Waals surface area contributed by atoms with Crippen LogP contribution >= 0.6 is 0 Å². The third-order valence-electron chi connectivity index (χ3n) is 4.56. The van der Waals surface area contributed by atoms with Gasteiger partial charge in [-0.1, -0.05) is 55.8 Å². The predicted molar refractivity (Wildman–Crippen MR) is 109 cm³/mol. The van der Waals surface area contributed by atoms with Crippen LogP contribution in [0.2, 0.25) is 0 Å². The number of benzene rings is 2. The molecule has 2 aromatic carbocycles. The smallest absolute Gasteiger partial charge is 0.242 e. The van der Waals surface area contributed by atoms with Crippen molar-refractivity contribution in [2.45, 2.75) is 46.7 Å². The Morgan fingerprint density at radius 3 is 2.32 bits per heavy atom. The van der Waals surface area contributed by atoms with Crippen molar-refractivity contribution in [1.82, 2.24) is 10.2 Å². The molecular formula is C23H29FN2O2. The number of amides is 2. The molecule has 2 rings (SSSR count). The lowest BCUT2D eigenvalue weighted by Gasteiger charge is -2.29. The summed E-state index contributed by atoms with van der Waals surface area (Å²) < 4.78 is 13.1. The quantitative estimate of drug-likeness (QED) is 0.751. The van der Waals surface area contributed by atoms with Gasteiger partial charge in [-0.2, -0.15) is 0 Å².